The van der Waals surface area contributed by atoms with Gasteiger partial charge in [0.25, 0.3) is 0 Å². The van der Waals surface area contributed by atoms with Crippen LogP contribution in [-0.2, 0) is 11.8 Å². The molecule has 2 heteroatoms. The molecule has 0 spiro atoms. The Bertz CT molecular complexity index is 869. The molecule has 0 atom stereocenters. The van der Waals surface area contributed by atoms with E-state index in [1.54, 1.807) is 6.07 Å². The third-order valence-electron chi connectivity index (χ3n) is 4.78. The van der Waals surface area contributed by atoms with E-state index in [0.29, 0.717) is 11.1 Å². The van der Waals surface area contributed by atoms with Crippen molar-refractivity contribution in [3.8, 4) is 11.1 Å². The molecule has 0 amide bonds. The Kier molecular flexibility index (Phi) is 2.56. The monoisotopic (exact) mass is 288 g/mol. The highest BCUT2D eigenvalue weighted by molar-refractivity contribution is 6.23. The standard InChI is InChI=1S/C20H16O2/c1-20(2)11-15-12(13-5-3-4-6-16(13)20)7-8-14-17(21)9-10-18(22)19(14)15/h3-10H,11H2,1-2H3. The number of ketones is 2. The normalized spacial score (nSPS) is 17.7. The first-order chi connectivity index (χ1) is 10.5. The smallest absolute Gasteiger partial charge is 0.187 e. The van der Waals surface area contributed by atoms with Crippen molar-refractivity contribution in [3.05, 3.63) is 70.8 Å². The van der Waals surface area contributed by atoms with Gasteiger partial charge in [-0.25, -0.2) is 0 Å². The molecule has 0 fully saturated rings. The van der Waals surface area contributed by atoms with E-state index < -0.39 is 0 Å². The highest BCUT2D eigenvalue weighted by Gasteiger charge is 2.35. The average molecular weight is 288 g/mol. The minimum atomic E-state index is -0.0749. The number of hydrogen-bond donors (Lipinski definition) is 0. The summed E-state index contributed by atoms with van der Waals surface area (Å²) in [6, 6.07) is 12.1. The van der Waals surface area contributed by atoms with Gasteiger partial charge in [0, 0.05) is 11.1 Å². The van der Waals surface area contributed by atoms with Crippen molar-refractivity contribution in [1.29, 1.82) is 0 Å². The second-order valence-corrected chi connectivity index (χ2v) is 6.68. The molecule has 0 radical (unpaired) electrons. The lowest BCUT2D eigenvalue weighted by Gasteiger charge is -2.35. The van der Waals surface area contributed by atoms with Crippen molar-refractivity contribution in [2.24, 2.45) is 0 Å². The summed E-state index contributed by atoms with van der Waals surface area (Å²) >= 11 is 0. The predicted molar refractivity (Wildman–Crippen MR) is 86.4 cm³/mol. The first-order valence-electron chi connectivity index (χ1n) is 7.51. The van der Waals surface area contributed by atoms with E-state index in [9.17, 15) is 9.59 Å². The molecule has 2 aromatic carbocycles. The molecular weight excluding hydrogens is 272 g/mol. The second kappa shape index (κ2) is 4.26. The average Bonchev–Trinajstić information content (AvgIpc) is 2.50. The number of rotatable bonds is 0. The summed E-state index contributed by atoms with van der Waals surface area (Å²) in [6.45, 7) is 4.39. The second-order valence-electron chi connectivity index (χ2n) is 6.68. The Balaban J connectivity index is 2.08. The van der Waals surface area contributed by atoms with E-state index in [-0.39, 0.29) is 17.0 Å². The summed E-state index contributed by atoms with van der Waals surface area (Å²) in [4.78, 5) is 24.5. The first kappa shape index (κ1) is 13.2. The van der Waals surface area contributed by atoms with Gasteiger partial charge in [0.2, 0.25) is 0 Å². The first-order valence-corrected chi connectivity index (χ1v) is 7.51. The highest BCUT2D eigenvalue weighted by Crippen LogP contribution is 2.45. The van der Waals surface area contributed by atoms with Crippen LogP contribution < -0.4 is 0 Å². The Morgan fingerprint density at radius 1 is 0.818 bits per heavy atom. The highest BCUT2D eigenvalue weighted by atomic mass is 16.1. The van der Waals surface area contributed by atoms with Gasteiger partial charge in [-0.15, -0.1) is 0 Å². The molecule has 2 aliphatic rings. The van der Waals surface area contributed by atoms with Crippen molar-refractivity contribution in [3.63, 3.8) is 0 Å². The van der Waals surface area contributed by atoms with Crippen LogP contribution in [0.25, 0.3) is 11.1 Å². The summed E-state index contributed by atoms with van der Waals surface area (Å²) in [5, 5.41) is 0. The van der Waals surface area contributed by atoms with E-state index in [1.807, 2.05) is 12.1 Å². The Labute approximate surface area is 129 Å². The van der Waals surface area contributed by atoms with Gasteiger partial charge < -0.3 is 0 Å². The van der Waals surface area contributed by atoms with Crippen molar-refractivity contribution >= 4 is 11.6 Å². The largest absolute Gasteiger partial charge is 0.289 e. The lowest BCUT2D eigenvalue weighted by molar-refractivity contribution is 0.0993. The van der Waals surface area contributed by atoms with Gasteiger partial charge in [-0.1, -0.05) is 44.2 Å². The maximum atomic E-state index is 12.4. The van der Waals surface area contributed by atoms with Crippen LogP contribution in [0.3, 0.4) is 0 Å². The predicted octanol–water partition coefficient (Wildman–Crippen LogP) is 4.12. The molecule has 0 saturated heterocycles. The van der Waals surface area contributed by atoms with Crippen molar-refractivity contribution < 1.29 is 9.59 Å². The molecule has 2 aliphatic carbocycles. The molecule has 0 heterocycles. The van der Waals surface area contributed by atoms with E-state index in [1.165, 1.54) is 23.3 Å². The molecule has 0 aromatic heterocycles. The fraction of sp³-hybridized carbons (Fsp3) is 0.200. The van der Waals surface area contributed by atoms with Gasteiger partial charge in [0.15, 0.2) is 11.6 Å². The molecule has 0 unspecified atom stereocenters. The molecule has 0 bridgehead atoms. The van der Waals surface area contributed by atoms with Gasteiger partial charge >= 0.3 is 0 Å². The van der Waals surface area contributed by atoms with Gasteiger partial charge in [-0.05, 0) is 52.3 Å². The molecule has 0 saturated carbocycles. The van der Waals surface area contributed by atoms with Crippen LogP contribution in [0, 0.1) is 0 Å². The lowest BCUT2D eigenvalue weighted by Crippen LogP contribution is -2.28. The van der Waals surface area contributed by atoms with E-state index in [0.717, 1.165) is 17.5 Å². The van der Waals surface area contributed by atoms with Crippen LogP contribution in [0.15, 0.2) is 48.6 Å². The van der Waals surface area contributed by atoms with Crippen molar-refractivity contribution in [2.45, 2.75) is 25.7 Å². The maximum absolute atomic E-state index is 12.4. The van der Waals surface area contributed by atoms with Crippen LogP contribution in [0.1, 0.15) is 45.7 Å². The third kappa shape index (κ3) is 1.67. The quantitative estimate of drug-likeness (QED) is 0.730. The Morgan fingerprint density at radius 2 is 1.50 bits per heavy atom. The fourth-order valence-corrected chi connectivity index (χ4v) is 3.74. The molecular formula is C20H16O2. The fourth-order valence-electron chi connectivity index (χ4n) is 3.74. The van der Waals surface area contributed by atoms with Gasteiger partial charge in [-0.2, -0.15) is 0 Å². The minimum absolute atomic E-state index is 0.0524. The topological polar surface area (TPSA) is 34.1 Å². The van der Waals surface area contributed by atoms with Gasteiger partial charge in [-0.3, -0.25) is 9.59 Å². The summed E-state index contributed by atoms with van der Waals surface area (Å²) in [6.07, 6.45) is 3.55. The number of carbonyl (C=O) groups excluding carboxylic acids is 2. The minimum Gasteiger partial charge on any atom is -0.289 e. The van der Waals surface area contributed by atoms with Crippen molar-refractivity contribution in [1.82, 2.24) is 0 Å². The van der Waals surface area contributed by atoms with Gasteiger partial charge in [0.05, 0.1) is 0 Å². The molecule has 108 valence electrons. The van der Waals surface area contributed by atoms with Crippen LogP contribution in [0.5, 0.6) is 0 Å². The molecule has 22 heavy (non-hydrogen) atoms. The Morgan fingerprint density at radius 3 is 2.32 bits per heavy atom. The van der Waals surface area contributed by atoms with Crippen LogP contribution in [-0.4, -0.2) is 11.6 Å². The SMILES string of the molecule is CC1(C)Cc2c(ccc3c2C(=O)C=CC3=O)-c2ccccc21. The van der Waals surface area contributed by atoms with Gasteiger partial charge in [0.1, 0.15) is 0 Å². The van der Waals surface area contributed by atoms with Crippen molar-refractivity contribution in [2.75, 3.05) is 0 Å². The number of hydrogen-bond acceptors (Lipinski definition) is 2. The Hall–Kier alpha value is -2.48. The number of fused-ring (bicyclic) bond motifs is 5. The van der Waals surface area contributed by atoms with E-state index in [4.69, 9.17) is 0 Å². The van der Waals surface area contributed by atoms with E-state index >= 15 is 0 Å². The lowest BCUT2D eigenvalue weighted by atomic mass is 9.68. The zero-order valence-electron chi connectivity index (χ0n) is 12.6. The molecule has 0 aliphatic heterocycles. The molecule has 4 rings (SSSR count). The number of benzene rings is 2. The number of carbonyl (C=O) groups is 2. The van der Waals surface area contributed by atoms with Crippen LogP contribution in [0.2, 0.25) is 0 Å². The van der Waals surface area contributed by atoms with Crippen LogP contribution in [0.4, 0.5) is 0 Å². The summed E-state index contributed by atoms with van der Waals surface area (Å²) in [5.74, 6) is -0.129. The summed E-state index contributed by atoms with van der Waals surface area (Å²) in [7, 11) is 0. The molecule has 2 aromatic rings. The van der Waals surface area contributed by atoms with Crippen LogP contribution >= 0.6 is 0 Å². The number of allylic oxidation sites excluding steroid dienone is 2. The zero-order chi connectivity index (χ0) is 15.5. The van der Waals surface area contributed by atoms with E-state index in [2.05, 4.69) is 32.0 Å². The molecule has 2 nitrogen and oxygen atoms in total. The zero-order valence-corrected chi connectivity index (χ0v) is 12.6. The maximum Gasteiger partial charge on any atom is 0.187 e. The summed E-state index contributed by atoms with van der Waals surface area (Å²) < 4.78 is 0. The summed E-state index contributed by atoms with van der Waals surface area (Å²) in [5.41, 5.74) is 5.67. The molecule has 0 N–H and O–H groups in total. The third-order valence-corrected chi connectivity index (χ3v) is 4.78.